The Hall–Kier alpha value is -1.72. The van der Waals surface area contributed by atoms with Crippen molar-refractivity contribution >= 4 is 5.90 Å². The molecule has 1 atom stereocenters. The van der Waals surface area contributed by atoms with Gasteiger partial charge in [-0.15, -0.1) is 0 Å². The van der Waals surface area contributed by atoms with Crippen LogP contribution in [-0.4, -0.2) is 12.5 Å². The van der Waals surface area contributed by atoms with Gasteiger partial charge in [-0.05, 0) is 42.9 Å². The Balaban J connectivity index is 3.00. The van der Waals surface area contributed by atoms with E-state index in [0.717, 1.165) is 12.8 Å². The zero-order chi connectivity index (χ0) is 18.2. The van der Waals surface area contributed by atoms with Crippen LogP contribution in [0.15, 0.2) is 23.4 Å². The third-order valence-electron chi connectivity index (χ3n) is 3.77. The van der Waals surface area contributed by atoms with Gasteiger partial charge in [0.1, 0.15) is 6.61 Å². The maximum absolute atomic E-state index is 13.4. The van der Waals surface area contributed by atoms with Crippen molar-refractivity contribution in [2.24, 2.45) is 5.16 Å². The first kappa shape index (κ1) is 20.3. The fourth-order valence-corrected chi connectivity index (χ4v) is 2.66. The van der Waals surface area contributed by atoms with Crippen molar-refractivity contribution in [1.82, 2.24) is 0 Å². The molecular weight excluding hydrogens is 319 g/mol. The van der Waals surface area contributed by atoms with Gasteiger partial charge in [0, 0.05) is 6.92 Å². The first-order valence-electron chi connectivity index (χ1n) is 8.32. The fraction of sp³-hybridized carbons (Fsp3) is 0.611. The predicted molar refractivity (Wildman–Crippen MR) is 88.9 cm³/mol. The van der Waals surface area contributed by atoms with E-state index in [1.54, 1.807) is 19.1 Å². The number of hydrogen-bond donors (Lipinski definition) is 0. The molecule has 136 valence electrons. The average molecular weight is 345 g/mol. The summed E-state index contributed by atoms with van der Waals surface area (Å²) in [5.41, 5.74) is 0.226. The van der Waals surface area contributed by atoms with Gasteiger partial charge in [0.05, 0.1) is 12.2 Å². The summed E-state index contributed by atoms with van der Waals surface area (Å²) in [6.07, 6.45) is -2.10. The van der Waals surface area contributed by atoms with Gasteiger partial charge in [0.2, 0.25) is 5.90 Å². The summed E-state index contributed by atoms with van der Waals surface area (Å²) in [5.74, 6) is 0.263. The minimum Gasteiger partial charge on any atom is -0.479 e. The van der Waals surface area contributed by atoms with Crippen LogP contribution >= 0.6 is 0 Å². The highest BCUT2D eigenvalue weighted by atomic mass is 19.4. The van der Waals surface area contributed by atoms with Crippen molar-refractivity contribution in [3.8, 4) is 0 Å². The van der Waals surface area contributed by atoms with Gasteiger partial charge in [-0.2, -0.15) is 13.2 Å². The van der Waals surface area contributed by atoms with Gasteiger partial charge in [0.25, 0.3) is 0 Å². The first-order valence-corrected chi connectivity index (χ1v) is 8.32. The van der Waals surface area contributed by atoms with Crippen molar-refractivity contribution in [3.63, 3.8) is 0 Å². The van der Waals surface area contributed by atoms with Crippen LogP contribution in [0.4, 0.5) is 13.2 Å². The molecule has 0 heterocycles. The van der Waals surface area contributed by atoms with Crippen molar-refractivity contribution in [2.75, 3.05) is 6.61 Å². The Labute approximate surface area is 141 Å². The minimum absolute atomic E-state index is 0.0294. The number of alkyl halides is 3. The largest absolute Gasteiger partial charge is 0.479 e. The Morgan fingerprint density at radius 3 is 2.46 bits per heavy atom. The second kappa shape index (κ2) is 9.55. The van der Waals surface area contributed by atoms with Gasteiger partial charge in [0.15, 0.2) is 0 Å². The summed E-state index contributed by atoms with van der Waals surface area (Å²) in [6, 6.07) is 4.41. The highest BCUT2D eigenvalue weighted by Crippen LogP contribution is 2.38. The zero-order valence-electron chi connectivity index (χ0n) is 14.7. The zero-order valence-corrected chi connectivity index (χ0v) is 14.7. The van der Waals surface area contributed by atoms with E-state index in [9.17, 15) is 13.2 Å². The van der Waals surface area contributed by atoms with E-state index < -0.39 is 11.7 Å². The summed E-state index contributed by atoms with van der Waals surface area (Å²) in [7, 11) is 0. The molecule has 1 rings (SSSR count). The smallest absolute Gasteiger partial charge is 0.416 e. The van der Waals surface area contributed by atoms with Crippen LogP contribution in [0.3, 0.4) is 0 Å². The lowest BCUT2D eigenvalue weighted by Crippen LogP contribution is -2.13. The van der Waals surface area contributed by atoms with Crippen molar-refractivity contribution < 1.29 is 22.7 Å². The van der Waals surface area contributed by atoms with E-state index >= 15 is 0 Å². The molecule has 1 aromatic carbocycles. The van der Waals surface area contributed by atoms with Gasteiger partial charge in [-0.1, -0.05) is 37.6 Å². The average Bonchev–Trinajstić information content (AvgIpc) is 2.52. The quantitative estimate of drug-likeness (QED) is 0.334. The number of ether oxygens (including phenoxy) is 1. The number of hydrogen-bond acceptors (Lipinski definition) is 3. The third kappa shape index (κ3) is 6.06. The standard InChI is InChI=1S/C18H26F3NO2/c1-5-8-15(6-2)16-10-9-14(11-17(16)18(19,20)21)12-24-22-13(4)23-7-3/h9-11,15H,5-8,12H2,1-4H3/b22-13-. The molecule has 0 fully saturated rings. The number of oxime groups is 1. The SMILES string of the molecule is CCCC(CC)c1ccc(CO/N=C(/C)OCC)cc1C(F)(F)F. The molecule has 0 bridgehead atoms. The van der Waals surface area contributed by atoms with Crippen LogP contribution in [0.25, 0.3) is 0 Å². The lowest BCUT2D eigenvalue weighted by atomic mass is 9.87. The predicted octanol–water partition coefficient (Wildman–Crippen LogP) is 5.89. The fourth-order valence-electron chi connectivity index (χ4n) is 2.66. The second-order valence-corrected chi connectivity index (χ2v) is 5.63. The minimum atomic E-state index is -4.38. The summed E-state index contributed by atoms with van der Waals surface area (Å²) < 4.78 is 45.4. The van der Waals surface area contributed by atoms with Crippen LogP contribution in [0.5, 0.6) is 0 Å². The van der Waals surface area contributed by atoms with Gasteiger partial charge in [-0.25, -0.2) is 0 Å². The molecule has 0 amide bonds. The Morgan fingerprint density at radius 2 is 1.92 bits per heavy atom. The molecule has 0 saturated heterocycles. The van der Waals surface area contributed by atoms with E-state index in [2.05, 4.69) is 5.16 Å². The van der Waals surface area contributed by atoms with Gasteiger partial charge >= 0.3 is 6.18 Å². The van der Waals surface area contributed by atoms with Gasteiger partial charge in [-0.3, -0.25) is 0 Å². The van der Waals surface area contributed by atoms with Crippen LogP contribution in [0.2, 0.25) is 0 Å². The number of halogens is 3. The molecule has 0 aliphatic carbocycles. The molecule has 1 aromatic rings. The molecule has 0 radical (unpaired) electrons. The Kier molecular flexibility index (Phi) is 8.08. The lowest BCUT2D eigenvalue weighted by Gasteiger charge is -2.21. The van der Waals surface area contributed by atoms with Gasteiger partial charge < -0.3 is 9.57 Å². The van der Waals surface area contributed by atoms with E-state index in [4.69, 9.17) is 9.57 Å². The summed E-state index contributed by atoms with van der Waals surface area (Å²) in [6.45, 7) is 7.78. The van der Waals surface area contributed by atoms with Crippen molar-refractivity contribution in [1.29, 1.82) is 0 Å². The van der Waals surface area contributed by atoms with Crippen LogP contribution in [0.1, 0.15) is 69.6 Å². The molecule has 0 aliphatic heterocycles. The van der Waals surface area contributed by atoms with E-state index in [-0.39, 0.29) is 12.5 Å². The summed E-state index contributed by atoms with van der Waals surface area (Å²) >= 11 is 0. The van der Waals surface area contributed by atoms with E-state index in [1.165, 1.54) is 6.07 Å². The molecular formula is C18H26F3NO2. The van der Waals surface area contributed by atoms with E-state index in [1.807, 2.05) is 20.8 Å². The molecule has 0 N–H and O–H groups in total. The molecule has 0 saturated carbocycles. The molecule has 3 nitrogen and oxygen atoms in total. The first-order chi connectivity index (χ1) is 11.3. The van der Waals surface area contributed by atoms with Crippen molar-refractivity contribution in [2.45, 2.75) is 65.7 Å². The molecule has 0 spiro atoms. The molecule has 6 heteroatoms. The maximum Gasteiger partial charge on any atom is 0.416 e. The summed E-state index contributed by atoms with van der Waals surface area (Å²) in [5, 5.41) is 3.72. The molecule has 1 unspecified atom stereocenters. The van der Waals surface area contributed by atoms with Crippen LogP contribution < -0.4 is 0 Å². The highest BCUT2D eigenvalue weighted by molar-refractivity contribution is 5.72. The number of benzene rings is 1. The molecule has 0 aliphatic rings. The Bertz CT molecular complexity index is 542. The monoisotopic (exact) mass is 345 g/mol. The summed E-state index contributed by atoms with van der Waals surface area (Å²) in [4.78, 5) is 5.07. The third-order valence-corrected chi connectivity index (χ3v) is 3.77. The lowest BCUT2D eigenvalue weighted by molar-refractivity contribution is -0.138. The topological polar surface area (TPSA) is 30.8 Å². The number of nitrogens with zero attached hydrogens (tertiary/aromatic N) is 1. The number of rotatable bonds is 8. The van der Waals surface area contributed by atoms with Crippen molar-refractivity contribution in [3.05, 3.63) is 34.9 Å². The molecule has 0 aromatic heterocycles. The maximum atomic E-state index is 13.4. The molecule has 24 heavy (non-hydrogen) atoms. The Morgan fingerprint density at radius 1 is 1.21 bits per heavy atom. The van der Waals surface area contributed by atoms with Crippen LogP contribution in [-0.2, 0) is 22.4 Å². The van der Waals surface area contributed by atoms with Crippen LogP contribution in [0, 0.1) is 0 Å². The second-order valence-electron chi connectivity index (χ2n) is 5.63. The van der Waals surface area contributed by atoms with E-state index in [0.29, 0.717) is 30.1 Å². The normalized spacial score (nSPS) is 13.7. The highest BCUT2D eigenvalue weighted by Gasteiger charge is 2.35.